The third-order valence-corrected chi connectivity index (χ3v) is 8.99. The summed E-state index contributed by atoms with van der Waals surface area (Å²) < 4.78 is 34.8. The summed E-state index contributed by atoms with van der Waals surface area (Å²) in [4.78, 5) is 37.7. The highest BCUT2D eigenvalue weighted by atomic mass is 32.2. The quantitative estimate of drug-likeness (QED) is 0.521. The van der Waals surface area contributed by atoms with Crippen LogP contribution in [-0.4, -0.2) is 35.8 Å². The normalized spacial score (nSPS) is 14.7. The van der Waals surface area contributed by atoms with Crippen LogP contribution in [0.5, 0.6) is 5.75 Å². The molecule has 0 bridgehead atoms. The van der Waals surface area contributed by atoms with Crippen LogP contribution in [0.3, 0.4) is 0 Å². The van der Waals surface area contributed by atoms with Crippen LogP contribution in [0.2, 0.25) is 0 Å². The Morgan fingerprint density at radius 2 is 1.54 bits per heavy atom. The van der Waals surface area contributed by atoms with E-state index in [9.17, 15) is 22.8 Å². The first kappa shape index (κ1) is 24.7. The van der Waals surface area contributed by atoms with Crippen molar-refractivity contribution in [3.05, 3.63) is 62.7 Å². The summed E-state index contributed by atoms with van der Waals surface area (Å²) in [5, 5.41) is 2.19. The van der Waals surface area contributed by atoms with Crippen LogP contribution in [-0.2, 0) is 35.1 Å². The number of ether oxygens (including phenoxy) is 1. The van der Waals surface area contributed by atoms with E-state index < -0.39 is 32.1 Å². The fourth-order valence-electron chi connectivity index (χ4n) is 4.61. The van der Waals surface area contributed by atoms with Crippen molar-refractivity contribution < 1.29 is 17.9 Å². The number of rotatable bonds is 6. The van der Waals surface area contributed by atoms with Crippen molar-refractivity contribution in [1.82, 2.24) is 9.13 Å². The van der Waals surface area contributed by atoms with Crippen LogP contribution in [0, 0.1) is 0 Å². The van der Waals surface area contributed by atoms with Crippen LogP contribution in [0.15, 0.2) is 50.9 Å². The molecule has 0 unspecified atom stereocenters. The molecule has 35 heavy (non-hydrogen) atoms. The maximum absolute atomic E-state index is 13.7. The van der Waals surface area contributed by atoms with Gasteiger partial charge in [0.1, 0.15) is 5.75 Å². The van der Waals surface area contributed by atoms with Crippen molar-refractivity contribution in [1.29, 1.82) is 0 Å². The molecule has 4 rings (SSSR count). The fourth-order valence-corrected chi connectivity index (χ4v) is 6.62. The molecular weight excluding hydrogens is 470 g/mol. The maximum Gasteiger partial charge on any atom is 0.316 e. The van der Waals surface area contributed by atoms with Gasteiger partial charge in [0.05, 0.1) is 40.4 Å². The van der Waals surface area contributed by atoms with E-state index in [1.165, 1.54) is 30.8 Å². The van der Waals surface area contributed by atoms with Crippen LogP contribution >= 0.6 is 0 Å². The Hall–Kier alpha value is -3.40. The molecule has 0 spiro atoms. The third-order valence-electron chi connectivity index (χ3n) is 6.69. The molecule has 1 saturated carbocycles. The molecule has 3 aromatic rings. The number of aromatic nitrogens is 2. The highest BCUT2D eigenvalue weighted by molar-refractivity contribution is 7.92. The lowest BCUT2D eigenvalue weighted by atomic mass is 10.0. The zero-order chi connectivity index (χ0) is 25.3. The molecule has 1 aliphatic rings. The summed E-state index contributed by atoms with van der Waals surface area (Å²) in [6.07, 6.45) is 3.76. The van der Waals surface area contributed by atoms with Crippen LogP contribution in [0.4, 0.5) is 5.69 Å². The zero-order valence-corrected chi connectivity index (χ0v) is 20.9. The van der Waals surface area contributed by atoms with Crippen LogP contribution < -0.4 is 21.2 Å². The largest absolute Gasteiger partial charge is 0.497 e. The third kappa shape index (κ3) is 4.75. The molecule has 1 aromatic heterocycles. The number of anilines is 1. The number of hydrogen-bond donors (Lipinski definition) is 1. The smallest absolute Gasteiger partial charge is 0.316 e. The van der Waals surface area contributed by atoms with E-state index in [0.717, 1.165) is 29.4 Å². The zero-order valence-electron chi connectivity index (χ0n) is 20.0. The van der Waals surface area contributed by atoms with Crippen molar-refractivity contribution in [2.24, 2.45) is 14.1 Å². The van der Waals surface area contributed by atoms with Crippen molar-refractivity contribution in [3.63, 3.8) is 0 Å². The monoisotopic (exact) mass is 499 g/mol. The maximum atomic E-state index is 13.7. The van der Waals surface area contributed by atoms with Crippen molar-refractivity contribution in [2.75, 3.05) is 12.4 Å². The van der Waals surface area contributed by atoms with E-state index in [2.05, 4.69) is 5.32 Å². The predicted molar refractivity (Wildman–Crippen MR) is 134 cm³/mol. The summed E-state index contributed by atoms with van der Waals surface area (Å²) in [5.41, 5.74) is 0.000546. The molecule has 1 N–H and O–H groups in total. The first-order valence-electron chi connectivity index (χ1n) is 11.5. The Labute approximate surface area is 203 Å². The van der Waals surface area contributed by atoms with Crippen molar-refractivity contribution >= 4 is 32.5 Å². The highest BCUT2D eigenvalue weighted by Gasteiger charge is 2.32. The summed E-state index contributed by atoms with van der Waals surface area (Å²) in [7, 11) is 0.640. The topological polar surface area (TPSA) is 116 Å². The van der Waals surface area contributed by atoms with Crippen LogP contribution in [0.25, 0.3) is 11.0 Å². The van der Waals surface area contributed by atoms with E-state index in [1.54, 1.807) is 31.4 Å². The molecule has 1 heterocycles. The second kappa shape index (κ2) is 9.69. The number of fused-ring (bicyclic) bond motifs is 1. The van der Waals surface area contributed by atoms with Gasteiger partial charge in [-0.15, -0.1) is 0 Å². The van der Waals surface area contributed by atoms with Gasteiger partial charge in [-0.25, -0.2) is 8.42 Å². The standard InChI is InChI=1S/C25H29N3O6S/c1-27-20-14-19(26-23(29)13-16-9-11-17(34-3)12-10-16)22(15-21(20)28(2)25(31)24(27)30)35(32,33)18-7-5-4-6-8-18/h9-12,14-15,18H,4-8,13H2,1-3H3,(H,26,29). The summed E-state index contributed by atoms with van der Waals surface area (Å²) in [5.74, 6) is 0.264. The van der Waals surface area contributed by atoms with Gasteiger partial charge in [0.15, 0.2) is 9.84 Å². The van der Waals surface area contributed by atoms with Gasteiger partial charge in [-0.3, -0.25) is 14.4 Å². The van der Waals surface area contributed by atoms with E-state index >= 15 is 0 Å². The van der Waals surface area contributed by atoms with E-state index in [1.807, 2.05) is 0 Å². The average molecular weight is 500 g/mol. The Morgan fingerprint density at radius 3 is 2.11 bits per heavy atom. The Morgan fingerprint density at radius 1 is 0.971 bits per heavy atom. The second-order valence-corrected chi connectivity index (χ2v) is 11.1. The van der Waals surface area contributed by atoms with Gasteiger partial charge in [-0.1, -0.05) is 31.4 Å². The van der Waals surface area contributed by atoms with Gasteiger partial charge in [0, 0.05) is 14.1 Å². The van der Waals surface area contributed by atoms with Gasteiger partial charge >= 0.3 is 11.1 Å². The Bertz CT molecular complexity index is 1500. The molecule has 0 atom stereocenters. The van der Waals surface area contributed by atoms with Gasteiger partial charge in [0.25, 0.3) is 0 Å². The van der Waals surface area contributed by atoms with Gasteiger partial charge in [0.2, 0.25) is 5.91 Å². The number of methoxy groups -OCH3 is 1. The van der Waals surface area contributed by atoms with Crippen molar-refractivity contribution in [3.8, 4) is 5.75 Å². The van der Waals surface area contributed by atoms with Gasteiger partial charge < -0.3 is 19.2 Å². The number of carbonyl (C=O) groups excluding carboxylic acids is 1. The van der Waals surface area contributed by atoms with E-state index in [-0.39, 0.29) is 17.0 Å². The highest BCUT2D eigenvalue weighted by Crippen LogP contribution is 2.34. The molecule has 0 radical (unpaired) electrons. The minimum atomic E-state index is -3.80. The average Bonchev–Trinajstić information content (AvgIpc) is 2.86. The molecule has 1 amide bonds. The number of sulfone groups is 1. The molecule has 1 aliphatic carbocycles. The number of nitrogens with one attached hydrogen (secondary N) is 1. The van der Waals surface area contributed by atoms with Crippen molar-refractivity contribution in [2.45, 2.75) is 48.7 Å². The number of benzene rings is 2. The minimum absolute atomic E-state index is 0.0250. The number of hydrogen-bond acceptors (Lipinski definition) is 6. The lowest BCUT2D eigenvalue weighted by Crippen LogP contribution is -2.39. The number of carbonyl (C=O) groups is 1. The first-order chi connectivity index (χ1) is 16.6. The molecular formula is C25H29N3O6S. The predicted octanol–water partition coefficient (Wildman–Crippen LogP) is 2.53. The number of nitrogens with zero attached hydrogens (tertiary/aromatic N) is 2. The van der Waals surface area contributed by atoms with E-state index in [0.29, 0.717) is 29.6 Å². The summed E-state index contributed by atoms with van der Waals surface area (Å²) in [6.45, 7) is 0. The number of aryl methyl sites for hydroxylation is 2. The molecule has 0 saturated heterocycles. The first-order valence-corrected chi connectivity index (χ1v) is 13.1. The molecule has 2 aromatic carbocycles. The summed E-state index contributed by atoms with van der Waals surface area (Å²) in [6, 6.07) is 9.89. The Kier molecular flexibility index (Phi) is 6.84. The fraction of sp³-hybridized carbons (Fsp3) is 0.400. The number of amides is 1. The van der Waals surface area contributed by atoms with Crippen LogP contribution in [0.1, 0.15) is 37.7 Å². The molecule has 9 nitrogen and oxygen atoms in total. The molecule has 0 aliphatic heterocycles. The van der Waals surface area contributed by atoms with E-state index in [4.69, 9.17) is 4.74 Å². The molecule has 186 valence electrons. The van der Waals surface area contributed by atoms with Gasteiger partial charge in [-0.05, 0) is 42.7 Å². The molecule has 1 fully saturated rings. The SMILES string of the molecule is COc1ccc(CC(=O)Nc2cc3c(cc2S(=O)(=O)C2CCCCC2)n(C)c(=O)c(=O)n3C)cc1. The van der Waals surface area contributed by atoms with Gasteiger partial charge in [-0.2, -0.15) is 0 Å². The lowest BCUT2D eigenvalue weighted by Gasteiger charge is -2.24. The second-order valence-electron chi connectivity index (χ2n) is 8.94. The summed E-state index contributed by atoms with van der Waals surface area (Å²) >= 11 is 0. The molecule has 10 heteroatoms. The Balaban J connectivity index is 1.81. The lowest BCUT2D eigenvalue weighted by molar-refractivity contribution is -0.115. The minimum Gasteiger partial charge on any atom is -0.497 e.